The largest absolute Gasteiger partial charge is 0.481 e. The molecule has 2 rings (SSSR count). The maximum absolute atomic E-state index is 13.2. The topological polar surface area (TPSA) is 72.2 Å². The number of alkyl halides is 3. The lowest BCUT2D eigenvalue weighted by Gasteiger charge is -2.34. The number of hydrogen-bond acceptors (Lipinski definition) is 3. The van der Waals surface area contributed by atoms with Crippen molar-refractivity contribution in [2.45, 2.75) is 44.8 Å². The summed E-state index contributed by atoms with van der Waals surface area (Å²) >= 11 is 1.30. The molecule has 0 atom stereocenters. The average Bonchev–Trinajstić information content (AvgIpc) is 2.84. The molecule has 1 aromatic heterocycles. The number of nitrogens with zero attached hydrogens (tertiary/aromatic N) is 2. The fourth-order valence-corrected chi connectivity index (χ4v) is 3.16. The number of halogens is 4. The SMILES string of the molecule is C[C@]1(C(=O)O)CC[C@H](n2ncc(C(=O)I)c2C(F)(F)F)CC1. The summed E-state index contributed by atoms with van der Waals surface area (Å²) in [4.78, 5) is 22.5. The summed E-state index contributed by atoms with van der Waals surface area (Å²) in [5, 5.41) is 12.9. The summed E-state index contributed by atoms with van der Waals surface area (Å²) in [6.07, 6.45) is -2.64. The maximum Gasteiger partial charge on any atom is 0.433 e. The zero-order chi connectivity index (χ0) is 16.7. The summed E-state index contributed by atoms with van der Waals surface area (Å²) in [7, 11) is 0. The van der Waals surface area contributed by atoms with E-state index >= 15 is 0 Å². The van der Waals surface area contributed by atoms with Gasteiger partial charge in [-0.25, -0.2) is 0 Å². The lowest BCUT2D eigenvalue weighted by atomic mass is 9.74. The predicted molar refractivity (Wildman–Crippen MR) is 78.8 cm³/mol. The molecule has 0 radical (unpaired) electrons. The molecule has 0 aliphatic heterocycles. The maximum atomic E-state index is 13.2. The number of carboxylic acids is 1. The van der Waals surface area contributed by atoms with Crippen molar-refractivity contribution in [2.75, 3.05) is 0 Å². The van der Waals surface area contributed by atoms with E-state index in [0.717, 1.165) is 10.9 Å². The van der Waals surface area contributed by atoms with E-state index in [-0.39, 0.29) is 25.7 Å². The van der Waals surface area contributed by atoms with Crippen molar-refractivity contribution in [3.8, 4) is 0 Å². The first kappa shape index (κ1) is 17.2. The van der Waals surface area contributed by atoms with E-state index in [1.54, 1.807) is 6.92 Å². The van der Waals surface area contributed by atoms with Crippen LogP contribution in [-0.2, 0) is 11.0 Å². The van der Waals surface area contributed by atoms with Crippen molar-refractivity contribution in [1.82, 2.24) is 9.78 Å². The molecular formula is C13H14F3IN2O3. The Morgan fingerprint density at radius 1 is 1.41 bits per heavy atom. The van der Waals surface area contributed by atoms with E-state index in [2.05, 4.69) is 5.10 Å². The third-order valence-corrected chi connectivity index (χ3v) is 4.78. The summed E-state index contributed by atoms with van der Waals surface area (Å²) in [5.41, 5.74) is -2.42. The van der Waals surface area contributed by atoms with Crippen LogP contribution in [0.4, 0.5) is 13.2 Å². The standard InChI is InChI=1S/C13H14F3IN2O3/c1-12(11(21)22)4-2-7(3-5-12)19-9(13(14,15)16)8(6-18-19)10(17)20/h6-7H,2-5H2,1H3,(H,21,22)/t7-,12-. The normalized spacial score (nSPS) is 26.0. The first-order valence-electron chi connectivity index (χ1n) is 6.64. The van der Waals surface area contributed by atoms with Gasteiger partial charge in [-0.3, -0.25) is 14.3 Å². The molecule has 1 aliphatic rings. The van der Waals surface area contributed by atoms with Gasteiger partial charge in [-0.1, -0.05) is 0 Å². The summed E-state index contributed by atoms with van der Waals surface area (Å²) in [6, 6.07) is -0.548. The van der Waals surface area contributed by atoms with Gasteiger partial charge in [-0.05, 0) is 32.6 Å². The number of rotatable bonds is 3. The minimum absolute atomic E-state index is 0.275. The second-order valence-corrected chi connectivity index (χ2v) is 6.70. The molecule has 1 aromatic rings. The molecule has 0 spiro atoms. The summed E-state index contributed by atoms with van der Waals surface area (Å²) < 4.78 is 39.8. The smallest absolute Gasteiger partial charge is 0.433 e. The van der Waals surface area contributed by atoms with Gasteiger partial charge in [-0.2, -0.15) is 18.3 Å². The minimum Gasteiger partial charge on any atom is -0.481 e. The number of carboxylic acid groups (broad SMARTS) is 1. The Hall–Kier alpha value is -1.13. The lowest BCUT2D eigenvalue weighted by molar-refractivity contribution is -0.152. The Kier molecular flexibility index (Phi) is 4.56. The van der Waals surface area contributed by atoms with E-state index in [0.29, 0.717) is 0 Å². The van der Waals surface area contributed by atoms with E-state index in [1.165, 1.54) is 22.6 Å². The Morgan fingerprint density at radius 3 is 2.36 bits per heavy atom. The molecule has 0 unspecified atom stereocenters. The Balaban J connectivity index is 2.32. The van der Waals surface area contributed by atoms with Gasteiger partial charge in [0, 0.05) is 22.6 Å². The number of aliphatic carboxylic acids is 1. The second kappa shape index (κ2) is 5.82. The van der Waals surface area contributed by atoms with Crippen LogP contribution in [-0.4, -0.2) is 24.6 Å². The van der Waals surface area contributed by atoms with E-state index in [4.69, 9.17) is 5.11 Å². The van der Waals surface area contributed by atoms with E-state index < -0.39 is 38.6 Å². The monoisotopic (exact) mass is 430 g/mol. The molecule has 1 N–H and O–H groups in total. The predicted octanol–water partition coefficient (Wildman–Crippen LogP) is 3.68. The molecule has 0 aromatic carbocycles. The molecule has 0 amide bonds. The number of hydrogen-bond donors (Lipinski definition) is 1. The summed E-state index contributed by atoms with van der Waals surface area (Å²) in [5.74, 6) is -0.939. The quantitative estimate of drug-likeness (QED) is 0.587. The van der Waals surface area contributed by atoms with Gasteiger partial charge in [0.1, 0.15) is 0 Å². The Labute approximate surface area is 138 Å². The zero-order valence-corrected chi connectivity index (χ0v) is 13.8. The highest BCUT2D eigenvalue weighted by atomic mass is 127. The number of aromatic nitrogens is 2. The number of carbonyl (C=O) groups excluding carboxylic acids is 1. The fraction of sp³-hybridized carbons (Fsp3) is 0.615. The van der Waals surface area contributed by atoms with Crippen molar-refractivity contribution in [1.29, 1.82) is 0 Å². The lowest BCUT2D eigenvalue weighted by Crippen LogP contribution is -2.34. The average molecular weight is 430 g/mol. The molecule has 5 nitrogen and oxygen atoms in total. The van der Waals surface area contributed by atoms with Crippen LogP contribution in [0, 0.1) is 5.41 Å². The molecule has 22 heavy (non-hydrogen) atoms. The van der Waals surface area contributed by atoms with Crippen LogP contribution in [0.3, 0.4) is 0 Å². The van der Waals surface area contributed by atoms with Gasteiger partial charge in [0.25, 0.3) is 0 Å². The molecule has 1 fully saturated rings. The highest BCUT2D eigenvalue weighted by Gasteiger charge is 2.44. The van der Waals surface area contributed by atoms with Crippen molar-refractivity contribution < 1.29 is 27.9 Å². The second-order valence-electron chi connectivity index (χ2n) is 5.72. The molecule has 1 aliphatic carbocycles. The van der Waals surface area contributed by atoms with Gasteiger partial charge in [-0.15, -0.1) is 0 Å². The van der Waals surface area contributed by atoms with Crippen LogP contribution in [0.2, 0.25) is 0 Å². The van der Waals surface area contributed by atoms with Crippen molar-refractivity contribution in [2.24, 2.45) is 5.41 Å². The zero-order valence-electron chi connectivity index (χ0n) is 11.7. The van der Waals surface area contributed by atoms with Gasteiger partial charge in [0.2, 0.25) is 3.79 Å². The first-order valence-corrected chi connectivity index (χ1v) is 7.72. The van der Waals surface area contributed by atoms with Crippen molar-refractivity contribution >= 4 is 32.4 Å². The van der Waals surface area contributed by atoms with E-state index in [9.17, 15) is 22.8 Å². The minimum atomic E-state index is -4.68. The van der Waals surface area contributed by atoms with Crippen LogP contribution in [0.25, 0.3) is 0 Å². The van der Waals surface area contributed by atoms with Crippen LogP contribution in [0.15, 0.2) is 6.20 Å². The van der Waals surface area contributed by atoms with Gasteiger partial charge in [0.15, 0.2) is 5.69 Å². The van der Waals surface area contributed by atoms with E-state index in [1.807, 2.05) is 0 Å². The molecular weight excluding hydrogens is 416 g/mol. The van der Waals surface area contributed by atoms with Crippen LogP contribution >= 0.6 is 22.6 Å². The van der Waals surface area contributed by atoms with Crippen LogP contribution in [0.1, 0.15) is 54.7 Å². The van der Waals surface area contributed by atoms with Crippen molar-refractivity contribution in [3.63, 3.8) is 0 Å². The highest BCUT2D eigenvalue weighted by molar-refractivity contribution is 14.1. The molecule has 122 valence electrons. The Morgan fingerprint density at radius 2 is 1.95 bits per heavy atom. The van der Waals surface area contributed by atoms with Crippen LogP contribution in [0.5, 0.6) is 0 Å². The molecule has 1 saturated carbocycles. The van der Waals surface area contributed by atoms with Gasteiger partial charge >= 0.3 is 12.1 Å². The Bertz CT molecular complexity index is 604. The molecule has 9 heteroatoms. The van der Waals surface area contributed by atoms with Crippen molar-refractivity contribution in [3.05, 3.63) is 17.5 Å². The summed E-state index contributed by atoms with van der Waals surface area (Å²) in [6.45, 7) is 1.60. The first-order chi connectivity index (χ1) is 10.1. The highest BCUT2D eigenvalue weighted by Crippen LogP contribution is 2.43. The van der Waals surface area contributed by atoms with Crippen LogP contribution < -0.4 is 0 Å². The third kappa shape index (κ3) is 3.13. The molecule has 1 heterocycles. The van der Waals surface area contributed by atoms with Gasteiger partial charge < -0.3 is 5.11 Å². The third-order valence-electron chi connectivity index (χ3n) is 4.20. The number of carbonyl (C=O) groups is 2. The molecule has 0 bridgehead atoms. The fourth-order valence-electron chi connectivity index (χ4n) is 2.76. The molecule has 0 saturated heterocycles. The van der Waals surface area contributed by atoms with Gasteiger partial charge in [0.05, 0.1) is 23.2 Å².